The summed E-state index contributed by atoms with van der Waals surface area (Å²) >= 11 is 0. The molecule has 1 aromatic heterocycles. The fourth-order valence-electron chi connectivity index (χ4n) is 3.37. The van der Waals surface area contributed by atoms with Crippen LogP contribution in [-0.2, 0) is 9.53 Å². The maximum atomic E-state index is 12.5. The number of nitrogens with one attached hydrogen (secondary N) is 1. The lowest BCUT2D eigenvalue weighted by atomic mass is 9.89. The summed E-state index contributed by atoms with van der Waals surface area (Å²) in [5, 5.41) is 15.0. The normalized spacial score (nSPS) is 20.6. The van der Waals surface area contributed by atoms with Gasteiger partial charge in [0.2, 0.25) is 0 Å². The highest BCUT2D eigenvalue weighted by atomic mass is 16.5. The zero-order chi connectivity index (χ0) is 19.8. The molecule has 1 N–H and O–H groups in total. The molecule has 0 saturated carbocycles. The van der Waals surface area contributed by atoms with Crippen LogP contribution in [0.2, 0.25) is 0 Å². The average molecular weight is 387 g/mol. The van der Waals surface area contributed by atoms with Gasteiger partial charge in [-0.25, -0.2) is 0 Å². The van der Waals surface area contributed by atoms with Crippen molar-refractivity contribution in [1.29, 1.82) is 0 Å². The van der Waals surface area contributed by atoms with E-state index in [1.165, 1.54) is 0 Å². The Morgan fingerprint density at radius 2 is 1.97 bits per heavy atom. The second-order valence-corrected chi connectivity index (χ2v) is 7.00. The Kier molecular flexibility index (Phi) is 4.25. The predicted molar refractivity (Wildman–Crippen MR) is 105 cm³/mol. The van der Waals surface area contributed by atoms with E-state index in [-0.39, 0.29) is 23.8 Å². The summed E-state index contributed by atoms with van der Waals surface area (Å²) in [6.07, 6.45) is 10.7. The molecule has 0 radical (unpaired) electrons. The number of azo groups is 1. The van der Waals surface area contributed by atoms with Crippen LogP contribution in [0, 0.1) is 5.92 Å². The largest absolute Gasteiger partial charge is 0.377 e. The van der Waals surface area contributed by atoms with Gasteiger partial charge in [0, 0.05) is 17.4 Å². The minimum atomic E-state index is -0.385. The van der Waals surface area contributed by atoms with Crippen LogP contribution in [0.25, 0.3) is 5.70 Å². The Morgan fingerprint density at radius 1 is 1.14 bits per heavy atom. The minimum Gasteiger partial charge on any atom is -0.377 e. The van der Waals surface area contributed by atoms with Crippen molar-refractivity contribution >= 4 is 23.2 Å². The Morgan fingerprint density at radius 3 is 2.72 bits per heavy atom. The second-order valence-electron chi connectivity index (χ2n) is 7.00. The third-order valence-corrected chi connectivity index (χ3v) is 5.09. The molecule has 144 valence electrons. The topological polar surface area (TPSA) is 97.9 Å². The highest BCUT2D eigenvalue weighted by Gasteiger charge is 2.27. The van der Waals surface area contributed by atoms with Crippen molar-refractivity contribution in [2.75, 3.05) is 18.5 Å². The standard InChI is InChI=1S/C21H17N5O3/c27-20(14-9-22-26(10-14)16-11-29-12-16)23-15-7-5-13(6-8-15)19-17-3-1-2-4-18(17)21(28)25-24-19/h1-10,16,18H,11-12H2,(H,23,27). The highest BCUT2D eigenvalue weighted by Crippen LogP contribution is 2.34. The van der Waals surface area contributed by atoms with E-state index in [2.05, 4.69) is 20.6 Å². The second kappa shape index (κ2) is 7.06. The lowest BCUT2D eigenvalue weighted by Crippen LogP contribution is -2.30. The van der Waals surface area contributed by atoms with Gasteiger partial charge in [-0.1, -0.05) is 36.4 Å². The third-order valence-electron chi connectivity index (χ3n) is 5.09. The fourth-order valence-corrected chi connectivity index (χ4v) is 3.37. The Balaban J connectivity index is 1.33. The SMILES string of the molecule is O=C(Nc1ccc(C2=C3C=CC=CC3C(=O)N=N2)cc1)c1cnn(C2COC2)c1. The summed E-state index contributed by atoms with van der Waals surface area (Å²) in [6.45, 7) is 1.24. The first-order chi connectivity index (χ1) is 14.2. The fraction of sp³-hybridized carbons (Fsp3) is 0.190. The van der Waals surface area contributed by atoms with Crippen molar-refractivity contribution in [3.05, 3.63) is 77.7 Å². The van der Waals surface area contributed by atoms with Gasteiger partial charge < -0.3 is 10.1 Å². The van der Waals surface area contributed by atoms with E-state index in [0.29, 0.717) is 30.2 Å². The maximum absolute atomic E-state index is 12.5. The number of carbonyl (C=O) groups is 2. The number of ether oxygens (including phenoxy) is 1. The molecule has 1 unspecified atom stereocenters. The zero-order valence-corrected chi connectivity index (χ0v) is 15.4. The maximum Gasteiger partial charge on any atom is 0.276 e. The summed E-state index contributed by atoms with van der Waals surface area (Å²) in [6, 6.07) is 7.51. The lowest BCUT2D eigenvalue weighted by molar-refractivity contribution is -0.119. The Bertz CT molecular complexity index is 1100. The number of hydrogen-bond donors (Lipinski definition) is 1. The van der Waals surface area contributed by atoms with Gasteiger partial charge >= 0.3 is 0 Å². The van der Waals surface area contributed by atoms with Crippen LogP contribution in [0.1, 0.15) is 22.0 Å². The van der Waals surface area contributed by atoms with Gasteiger partial charge in [0.25, 0.3) is 11.8 Å². The molecule has 8 heteroatoms. The molecule has 1 aliphatic carbocycles. The average Bonchev–Trinajstić information content (AvgIpc) is 3.18. The first-order valence-corrected chi connectivity index (χ1v) is 9.27. The number of rotatable bonds is 4. The van der Waals surface area contributed by atoms with E-state index in [1.54, 1.807) is 29.2 Å². The highest BCUT2D eigenvalue weighted by molar-refractivity contribution is 6.04. The van der Waals surface area contributed by atoms with Crippen LogP contribution in [-0.4, -0.2) is 34.8 Å². The molecular formula is C21H17N5O3. The third kappa shape index (κ3) is 3.23. The van der Waals surface area contributed by atoms with E-state index < -0.39 is 0 Å². The molecule has 2 aliphatic heterocycles. The summed E-state index contributed by atoms with van der Waals surface area (Å²) in [7, 11) is 0. The molecule has 3 aliphatic rings. The molecule has 5 rings (SSSR count). The molecule has 8 nitrogen and oxygen atoms in total. The van der Waals surface area contributed by atoms with Gasteiger partial charge in [0.1, 0.15) is 0 Å². The molecule has 2 aromatic rings. The van der Waals surface area contributed by atoms with Gasteiger partial charge in [0.15, 0.2) is 0 Å². The number of nitrogens with zero attached hydrogens (tertiary/aromatic N) is 4. The summed E-state index contributed by atoms with van der Waals surface area (Å²) in [5.74, 6) is -0.874. The van der Waals surface area contributed by atoms with Gasteiger partial charge in [-0.3, -0.25) is 14.3 Å². The van der Waals surface area contributed by atoms with Crippen LogP contribution in [0.15, 0.2) is 76.8 Å². The van der Waals surface area contributed by atoms with Crippen molar-refractivity contribution in [3.63, 3.8) is 0 Å². The van der Waals surface area contributed by atoms with Crippen LogP contribution in [0.3, 0.4) is 0 Å². The zero-order valence-electron chi connectivity index (χ0n) is 15.4. The first kappa shape index (κ1) is 17.4. The van der Waals surface area contributed by atoms with Crippen LogP contribution in [0.5, 0.6) is 0 Å². The summed E-state index contributed by atoms with van der Waals surface area (Å²) in [4.78, 5) is 24.4. The number of anilines is 1. The molecule has 29 heavy (non-hydrogen) atoms. The summed E-state index contributed by atoms with van der Waals surface area (Å²) < 4.78 is 6.91. The molecule has 1 fully saturated rings. The van der Waals surface area contributed by atoms with Gasteiger partial charge in [-0.05, 0) is 17.7 Å². The molecule has 2 amide bonds. The molecule has 0 spiro atoms. The van der Waals surface area contributed by atoms with Crippen molar-refractivity contribution in [2.24, 2.45) is 16.1 Å². The molecule has 0 bridgehead atoms. The number of amides is 2. The van der Waals surface area contributed by atoms with Crippen LogP contribution < -0.4 is 5.32 Å². The van der Waals surface area contributed by atoms with Crippen LogP contribution in [0.4, 0.5) is 5.69 Å². The van der Waals surface area contributed by atoms with Gasteiger partial charge in [-0.2, -0.15) is 5.10 Å². The summed E-state index contributed by atoms with van der Waals surface area (Å²) in [5.41, 5.74) is 3.47. The Labute approximate surface area is 166 Å². The lowest BCUT2D eigenvalue weighted by Gasteiger charge is -2.25. The molecular weight excluding hydrogens is 370 g/mol. The number of hydrogen-bond acceptors (Lipinski definition) is 5. The number of benzene rings is 1. The monoisotopic (exact) mass is 387 g/mol. The molecule has 3 heterocycles. The number of fused-ring (bicyclic) bond motifs is 1. The van der Waals surface area contributed by atoms with Crippen LogP contribution >= 0.6 is 0 Å². The van der Waals surface area contributed by atoms with E-state index >= 15 is 0 Å². The van der Waals surface area contributed by atoms with E-state index in [1.807, 2.05) is 36.4 Å². The van der Waals surface area contributed by atoms with E-state index in [0.717, 1.165) is 11.1 Å². The van der Waals surface area contributed by atoms with Crippen molar-refractivity contribution < 1.29 is 14.3 Å². The minimum absolute atomic E-state index is 0.203. The van der Waals surface area contributed by atoms with Crippen molar-refractivity contribution in [2.45, 2.75) is 6.04 Å². The smallest absolute Gasteiger partial charge is 0.276 e. The number of carbonyl (C=O) groups excluding carboxylic acids is 2. The predicted octanol–water partition coefficient (Wildman–Crippen LogP) is 3.15. The molecule has 1 aromatic carbocycles. The van der Waals surface area contributed by atoms with E-state index in [9.17, 15) is 9.59 Å². The number of aromatic nitrogens is 2. The van der Waals surface area contributed by atoms with E-state index in [4.69, 9.17) is 4.74 Å². The molecule has 1 saturated heterocycles. The van der Waals surface area contributed by atoms with Crippen molar-refractivity contribution in [1.82, 2.24) is 9.78 Å². The number of allylic oxidation sites excluding steroid dienone is 3. The van der Waals surface area contributed by atoms with Gasteiger partial charge in [-0.15, -0.1) is 10.2 Å². The molecule has 1 atom stereocenters. The van der Waals surface area contributed by atoms with Gasteiger partial charge in [0.05, 0.1) is 42.6 Å². The van der Waals surface area contributed by atoms with Crippen molar-refractivity contribution in [3.8, 4) is 0 Å². The first-order valence-electron chi connectivity index (χ1n) is 9.27. The quantitative estimate of drug-likeness (QED) is 0.871. The Hall–Kier alpha value is -3.65.